The van der Waals surface area contributed by atoms with Gasteiger partial charge in [-0.15, -0.1) is 0 Å². The Kier molecular flexibility index (Phi) is 4.78. The minimum atomic E-state index is 0.203. The molecule has 1 N–H and O–H groups in total. The van der Waals surface area contributed by atoms with Crippen LogP contribution in [0.5, 0.6) is 0 Å². The van der Waals surface area contributed by atoms with E-state index in [0.717, 1.165) is 11.6 Å². The Balaban J connectivity index is 2.06. The van der Waals surface area contributed by atoms with Crippen molar-refractivity contribution < 1.29 is 4.52 Å². The van der Waals surface area contributed by atoms with E-state index in [4.69, 9.17) is 4.52 Å². The summed E-state index contributed by atoms with van der Waals surface area (Å²) in [6.07, 6.45) is 2.73. The van der Waals surface area contributed by atoms with Gasteiger partial charge in [0.2, 0.25) is 5.89 Å². The molecule has 0 aliphatic heterocycles. The number of hydrogen-bond acceptors (Lipinski definition) is 5. The molecule has 0 saturated heterocycles. The van der Waals surface area contributed by atoms with Crippen molar-refractivity contribution in [2.24, 2.45) is 0 Å². The second-order valence-corrected chi connectivity index (χ2v) is 4.86. The van der Waals surface area contributed by atoms with E-state index in [1.54, 1.807) is 11.8 Å². The maximum absolute atomic E-state index is 5.26. The quantitative estimate of drug-likeness (QED) is 0.867. The van der Waals surface area contributed by atoms with Crippen LogP contribution in [0.4, 0.5) is 0 Å². The second kappa shape index (κ2) is 6.56. The summed E-state index contributed by atoms with van der Waals surface area (Å²) >= 11 is 1.69. The molecule has 18 heavy (non-hydrogen) atoms. The van der Waals surface area contributed by atoms with E-state index < -0.39 is 0 Å². The lowest BCUT2D eigenvalue weighted by Crippen LogP contribution is -2.18. The minimum Gasteiger partial charge on any atom is -0.339 e. The van der Waals surface area contributed by atoms with E-state index in [2.05, 4.69) is 27.6 Å². The zero-order valence-corrected chi connectivity index (χ0v) is 11.4. The number of thioether (sulfide) groups is 1. The van der Waals surface area contributed by atoms with Gasteiger partial charge in [-0.3, -0.25) is 0 Å². The van der Waals surface area contributed by atoms with E-state index in [-0.39, 0.29) is 6.04 Å². The lowest BCUT2D eigenvalue weighted by atomic mass is 10.0. The Hall–Kier alpha value is -1.33. The van der Waals surface area contributed by atoms with Crippen molar-refractivity contribution in [2.45, 2.75) is 18.2 Å². The first-order valence-electron chi connectivity index (χ1n) is 5.86. The molecule has 1 unspecified atom stereocenters. The fraction of sp³-hybridized carbons (Fsp3) is 0.385. The van der Waals surface area contributed by atoms with Crippen LogP contribution in [0.3, 0.4) is 0 Å². The zero-order valence-electron chi connectivity index (χ0n) is 10.6. The summed E-state index contributed by atoms with van der Waals surface area (Å²) in [6.45, 7) is 0. The van der Waals surface area contributed by atoms with Crippen LogP contribution in [0.1, 0.15) is 23.3 Å². The van der Waals surface area contributed by atoms with Crippen LogP contribution in [0.15, 0.2) is 34.9 Å². The summed E-state index contributed by atoms with van der Waals surface area (Å²) in [5.41, 5.74) is 1.23. The topological polar surface area (TPSA) is 51.0 Å². The smallest absolute Gasteiger partial charge is 0.228 e. The fourth-order valence-corrected chi connectivity index (χ4v) is 2.18. The summed E-state index contributed by atoms with van der Waals surface area (Å²) in [5.74, 6) is 2.24. The molecule has 0 fully saturated rings. The number of aromatic nitrogens is 2. The largest absolute Gasteiger partial charge is 0.339 e. The predicted octanol–water partition coefficient (Wildman–Crippen LogP) is 2.44. The Morgan fingerprint density at radius 2 is 2.11 bits per heavy atom. The molecule has 4 nitrogen and oxygen atoms in total. The van der Waals surface area contributed by atoms with Crippen LogP contribution in [-0.4, -0.2) is 23.4 Å². The summed E-state index contributed by atoms with van der Waals surface area (Å²) < 4.78 is 5.26. The van der Waals surface area contributed by atoms with Gasteiger partial charge in [-0.05, 0) is 18.9 Å². The third-order valence-corrected chi connectivity index (χ3v) is 3.26. The summed E-state index contributed by atoms with van der Waals surface area (Å²) in [5, 5.41) is 7.23. The second-order valence-electron chi connectivity index (χ2n) is 3.99. The Bertz CT molecular complexity index is 472. The molecule has 0 radical (unpaired) electrons. The van der Waals surface area contributed by atoms with Crippen molar-refractivity contribution >= 4 is 11.8 Å². The molecule has 0 aliphatic carbocycles. The number of hydrogen-bond donors (Lipinski definition) is 1. The average molecular weight is 263 g/mol. The molecular formula is C13H17N3OS. The predicted molar refractivity (Wildman–Crippen MR) is 73.5 cm³/mol. The highest BCUT2D eigenvalue weighted by Crippen LogP contribution is 2.17. The van der Waals surface area contributed by atoms with Crippen molar-refractivity contribution in [3.63, 3.8) is 0 Å². The van der Waals surface area contributed by atoms with Gasteiger partial charge in [0, 0.05) is 12.5 Å². The first kappa shape index (κ1) is 13.1. The Morgan fingerprint density at radius 1 is 1.33 bits per heavy atom. The van der Waals surface area contributed by atoms with Crippen molar-refractivity contribution in [1.29, 1.82) is 0 Å². The normalized spacial score (nSPS) is 12.6. The maximum Gasteiger partial charge on any atom is 0.228 e. The van der Waals surface area contributed by atoms with Gasteiger partial charge in [0.05, 0.1) is 5.75 Å². The molecule has 0 saturated carbocycles. The Labute approximate surface area is 111 Å². The average Bonchev–Trinajstić information content (AvgIpc) is 2.85. The molecule has 96 valence electrons. The molecule has 0 aliphatic rings. The molecule has 0 amide bonds. The maximum atomic E-state index is 5.26. The van der Waals surface area contributed by atoms with Crippen LogP contribution in [0, 0.1) is 0 Å². The molecular weight excluding hydrogens is 246 g/mol. The molecule has 1 aromatic heterocycles. The molecule has 1 atom stereocenters. The number of nitrogens with one attached hydrogen (secondary N) is 1. The van der Waals surface area contributed by atoms with E-state index in [0.29, 0.717) is 12.3 Å². The van der Waals surface area contributed by atoms with Crippen LogP contribution in [0.2, 0.25) is 0 Å². The van der Waals surface area contributed by atoms with Crippen LogP contribution >= 0.6 is 11.8 Å². The highest BCUT2D eigenvalue weighted by atomic mass is 32.2. The van der Waals surface area contributed by atoms with Gasteiger partial charge in [-0.25, -0.2) is 0 Å². The standard InChI is InChI=1S/C13H17N3OS/c1-14-11(10-6-4-3-5-7-10)8-13-15-12(9-18-2)16-17-13/h3-7,11,14H,8-9H2,1-2H3. The molecule has 1 aromatic carbocycles. The molecule has 5 heteroatoms. The monoisotopic (exact) mass is 263 g/mol. The molecule has 2 rings (SSSR count). The highest BCUT2D eigenvalue weighted by molar-refractivity contribution is 7.97. The molecule has 0 bridgehead atoms. The summed E-state index contributed by atoms with van der Waals surface area (Å²) in [6, 6.07) is 10.5. The first-order valence-corrected chi connectivity index (χ1v) is 7.25. The van der Waals surface area contributed by atoms with Gasteiger partial charge < -0.3 is 9.84 Å². The summed E-state index contributed by atoms with van der Waals surface area (Å²) in [4.78, 5) is 4.37. The Morgan fingerprint density at radius 3 is 2.78 bits per heavy atom. The number of rotatable bonds is 6. The first-order chi connectivity index (χ1) is 8.83. The number of benzene rings is 1. The third-order valence-electron chi connectivity index (χ3n) is 2.71. The lowest BCUT2D eigenvalue weighted by Gasteiger charge is -2.13. The van der Waals surface area contributed by atoms with Gasteiger partial charge in [-0.1, -0.05) is 35.5 Å². The number of likely N-dealkylation sites (N-methyl/N-ethyl adjacent to an activating group) is 1. The zero-order chi connectivity index (χ0) is 12.8. The molecule has 1 heterocycles. The van der Waals surface area contributed by atoms with Crippen molar-refractivity contribution in [3.05, 3.63) is 47.6 Å². The van der Waals surface area contributed by atoms with E-state index >= 15 is 0 Å². The minimum absolute atomic E-state index is 0.203. The van der Waals surface area contributed by atoms with Crippen LogP contribution in [0.25, 0.3) is 0 Å². The SMILES string of the molecule is CNC(Cc1nc(CSC)no1)c1ccccc1. The van der Waals surface area contributed by atoms with Crippen LogP contribution < -0.4 is 5.32 Å². The van der Waals surface area contributed by atoms with Crippen molar-refractivity contribution in [1.82, 2.24) is 15.5 Å². The third kappa shape index (κ3) is 3.34. The fourth-order valence-electron chi connectivity index (χ4n) is 1.81. The molecule has 2 aromatic rings. The van der Waals surface area contributed by atoms with E-state index in [9.17, 15) is 0 Å². The van der Waals surface area contributed by atoms with E-state index in [1.165, 1.54) is 5.56 Å². The lowest BCUT2D eigenvalue weighted by molar-refractivity contribution is 0.359. The molecule has 0 spiro atoms. The van der Waals surface area contributed by atoms with Gasteiger partial charge in [0.1, 0.15) is 0 Å². The van der Waals surface area contributed by atoms with Gasteiger partial charge in [-0.2, -0.15) is 16.7 Å². The van der Waals surface area contributed by atoms with Gasteiger partial charge >= 0.3 is 0 Å². The van der Waals surface area contributed by atoms with Crippen molar-refractivity contribution in [3.8, 4) is 0 Å². The van der Waals surface area contributed by atoms with Crippen molar-refractivity contribution in [2.75, 3.05) is 13.3 Å². The summed E-state index contributed by atoms with van der Waals surface area (Å²) in [7, 11) is 1.94. The van der Waals surface area contributed by atoms with Gasteiger partial charge in [0.25, 0.3) is 0 Å². The van der Waals surface area contributed by atoms with E-state index in [1.807, 2.05) is 31.5 Å². The van der Waals surface area contributed by atoms with Crippen LogP contribution in [-0.2, 0) is 12.2 Å². The highest BCUT2D eigenvalue weighted by Gasteiger charge is 2.14. The van der Waals surface area contributed by atoms with Gasteiger partial charge in [0.15, 0.2) is 5.82 Å². The number of nitrogens with zero attached hydrogens (tertiary/aromatic N) is 2.